The molecule has 0 bridgehead atoms. The molecule has 1 aromatic carbocycles. The molecule has 1 aromatic rings. The van der Waals surface area contributed by atoms with Gasteiger partial charge in [-0.05, 0) is 62.4 Å². The van der Waals surface area contributed by atoms with Crippen LogP contribution >= 0.6 is 0 Å². The minimum atomic E-state index is -2.29. The molecule has 0 aliphatic carbocycles. The molecule has 2 rings (SSSR count). The van der Waals surface area contributed by atoms with Crippen LogP contribution < -0.4 is 23.8 Å². The molecular formula is C14H18LiNO4S. The Morgan fingerprint density at radius 1 is 1.38 bits per heavy atom. The Hall–Kier alpha value is -0.803. The molecule has 0 N–H and O–H groups in total. The topological polar surface area (TPSA) is 69.7 Å². The van der Waals surface area contributed by atoms with E-state index in [1.54, 1.807) is 39.0 Å². The maximum absolute atomic E-state index is 12.2. The average molecular weight is 303 g/mol. The summed E-state index contributed by atoms with van der Waals surface area (Å²) >= 11 is -2.29. The van der Waals surface area contributed by atoms with Crippen LogP contribution in [-0.4, -0.2) is 27.0 Å². The van der Waals surface area contributed by atoms with E-state index in [0.29, 0.717) is 24.2 Å². The Kier molecular flexibility index (Phi) is 6.06. The van der Waals surface area contributed by atoms with Crippen LogP contribution in [0.3, 0.4) is 0 Å². The van der Waals surface area contributed by atoms with Crippen LogP contribution in [-0.2, 0) is 22.2 Å². The van der Waals surface area contributed by atoms with Crippen LogP contribution in [0.4, 0.5) is 10.5 Å². The minimum absolute atomic E-state index is 0. The molecule has 0 saturated carbocycles. The van der Waals surface area contributed by atoms with Crippen LogP contribution in [0.5, 0.6) is 0 Å². The van der Waals surface area contributed by atoms with Crippen molar-refractivity contribution in [3.8, 4) is 0 Å². The normalized spacial score (nSPS) is 15.7. The van der Waals surface area contributed by atoms with Crippen molar-refractivity contribution in [3.05, 3.63) is 23.8 Å². The first-order chi connectivity index (χ1) is 9.29. The second kappa shape index (κ2) is 6.97. The summed E-state index contributed by atoms with van der Waals surface area (Å²) in [5, 5.41) is 0. The molecule has 1 aliphatic rings. The van der Waals surface area contributed by atoms with Gasteiger partial charge in [0.2, 0.25) is 0 Å². The van der Waals surface area contributed by atoms with E-state index in [1.165, 1.54) is 4.90 Å². The van der Waals surface area contributed by atoms with Crippen LogP contribution in [0.15, 0.2) is 23.1 Å². The van der Waals surface area contributed by atoms with Gasteiger partial charge in [0.1, 0.15) is 5.60 Å². The van der Waals surface area contributed by atoms with Crippen LogP contribution in [0.2, 0.25) is 0 Å². The number of amides is 1. The van der Waals surface area contributed by atoms with E-state index in [4.69, 9.17) is 4.74 Å². The Morgan fingerprint density at radius 3 is 2.62 bits per heavy atom. The van der Waals surface area contributed by atoms with E-state index in [2.05, 4.69) is 0 Å². The number of benzene rings is 1. The molecule has 1 heterocycles. The van der Waals surface area contributed by atoms with Crippen LogP contribution in [0, 0.1) is 0 Å². The van der Waals surface area contributed by atoms with Gasteiger partial charge in [-0.2, -0.15) is 0 Å². The molecule has 1 aliphatic heterocycles. The molecule has 7 heteroatoms. The minimum Gasteiger partial charge on any atom is -0.768 e. The Bertz CT molecular complexity index is 556. The van der Waals surface area contributed by atoms with Gasteiger partial charge in [-0.1, -0.05) is 6.07 Å². The Labute approximate surface area is 139 Å². The van der Waals surface area contributed by atoms with Crippen LogP contribution in [0.1, 0.15) is 32.8 Å². The van der Waals surface area contributed by atoms with Crippen molar-refractivity contribution >= 4 is 22.9 Å². The quantitative estimate of drug-likeness (QED) is 0.524. The molecule has 0 aromatic heterocycles. The number of carbonyl (C=O) groups is 1. The summed E-state index contributed by atoms with van der Waals surface area (Å²) in [7, 11) is 0. The van der Waals surface area contributed by atoms with E-state index in [9.17, 15) is 13.6 Å². The average Bonchev–Trinajstić information content (AvgIpc) is 2.35. The van der Waals surface area contributed by atoms with Gasteiger partial charge in [-0.15, -0.1) is 0 Å². The monoisotopic (exact) mass is 303 g/mol. The second-order valence-electron chi connectivity index (χ2n) is 5.72. The van der Waals surface area contributed by atoms with Gasteiger partial charge in [0.05, 0.1) is 5.69 Å². The maximum atomic E-state index is 12.2. The Morgan fingerprint density at radius 2 is 2.05 bits per heavy atom. The number of hydrogen-bond acceptors (Lipinski definition) is 4. The summed E-state index contributed by atoms with van der Waals surface area (Å²) in [4.78, 5) is 14.0. The Balaban J connectivity index is 0.00000220. The van der Waals surface area contributed by atoms with Gasteiger partial charge in [0.15, 0.2) is 0 Å². The van der Waals surface area contributed by atoms with Gasteiger partial charge >= 0.3 is 25.0 Å². The second-order valence-corrected chi connectivity index (χ2v) is 6.63. The molecule has 5 nitrogen and oxygen atoms in total. The van der Waals surface area contributed by atoms with Crippen molar-refractivity contribution in [1.82, 2.24) is 0 Å². The number of rotatable bonds is 1. The van der Waals surface area contributed by atoms with Crippen molar-refractivity contribution in [3.63, 3.8) is 0 Å². The van der Waals surface area contributed by atoms with E-state index in [1.807, 2.05) is 0 Å². The summed E-state index contributed by atoms with van der Waals surface area (Å²) in [6, 6.07) is 4.96. The number of carbonyl (C=O) groups excluding carboxylic acids is 1. The van der Waals surface area contributed by atoms with E-state index in [-0.39, 0.29) is 23.8 Å². The van der Waals surface area contributed by atoms with Gasteiger partial charge in [-0.25, -0.2) is 4.79 Å². The predicted molar refractivity (Wildman–Crippen MR) is 75.5 cm³/mol. The number of fused-ring (bicyclic) bond motifs is 1. The van der Waals surface area contributed by atoms with Crippen molar-refractivity contribution in [2.75, 3.05) is 11.4 Å². The third kappa shape index (κ3) is 4.33. The third-order valence-corrected chi connectivity index (χ3v) is 3.74. The first-order valence-electron chi connectivity index (χ1n) is 6.51. The number of anilines is 1. The summed E-state index contributed by atoms with van der Waals surface area (Å²) < 4.78 is 27.9. The maximum Gasteiger partial charge on any atom is 1.00 e. The molecule has 0 saturated heterocycles. The predicted octanol–water partition coefficient (Wildman–Crippen LogP) is -0.384. The van der Waals surface area contributed by atoms with Crippen molar-refractivity contribution in [1.29, 1.82) is 0 Å². The standard InChI is InChI=1S/C14H19NO4S.Li/c1-14(2,3)19-13(16)15-9-5-6-10-11(15)7-4-8-12(10)20(17)18;/h4,7-8H,5-6,9H2,1-3H3,(H,17,18);/q;+1/p-1. The zero-order valence-electron chi connectivity index (χ0n) is 12.8. The first-order valence-corrected chi connectivity index (χ1v) is 7.59. The smallest absolute Gasteiger partial charge is 0.768 e. The molecule has 1 unspecified atom stereocenters. The molecule has 1 atom stereocenters. The molecule has 1 amide bonds. The molecule has 0 fully saturated rings. The van der Waals surface area contributed by atoms with Crippen molar-refractivity contribution in [2.45, 2.75) is 44.1 Å². The molecular weight excluding hydrogens is 285 g/mol. The summed E-state index contributed by atoms with van der Waals surface area (Å²) in [6.07, 6.45) is 0.937. The zero-order chi connectivity index (χ0) is 14.9. The first kappa shape index (κ1) is 18.2. The number of nitrogens with zero attached hydrogens (tertiary/aromatic N) is 1. The third-order valence-electron chi connectivity index (χ3n) is 3.00. The van der Waals surface area contributed by atoms with E-state index >= 15 is 0 Å². The van der Waals surface area contributed by atoms with Gasteiger partial charge in [-0.3, -0.25) is 9.11 Å². The zero-order valence-corrected chi connectivity index (χ0v) is 13.7. The summed E-state index contributed by atoms with van der Waals surface area (Å²) in [6.45, 7) is 5.95. The fraction of sp³-hybridized carbons (Fsp3) is 0.500. The van der Waals surface area contributed by atoms with Crippen LogP contribution in [0.25, 0.3) is 0 Å². The van der Waals surface area contributed by atoms with Gasteiger partial charge < -0.3 is 9.29 Å². The number of ether oxygens (including phenoxy) is 1. The summed E-state index contributed by atoms with van der Waals surface area (Å²) in [5.74, 6) is 0. The largest absolute Gasteiger partial charge is 1.00 e. The van der Waals surface area contributed by atoms with E-state index < -0.39 is 22.8 Å². The van der Waals surface area contributed by atoms with Crippen molar-refractivity contribution < 1.29 is 37.2 Å². The molecule has 110 valence electrons. The van der Waals surface area contributed by atoms with E-state index in [0.717, 1.165) is 6.42 Å². The number of hydrogen-bond donors (Lipinski definition) is 0. The van der Waals surface area contributed by atoms with Gasteiger partial charge in [0, 0.05) is 11.4 Å². The molecule has 0 radical (unpaired) electrons. The molecule has 21 heavy (non-hydrogen) atoms. The summed E-state index contributed by atoms with van der Waals surface area (Å²) in [5.41, 5.74) is 0.748. The van der Waals surface area contributed by atoms with Gasteiger partial charge in [0.25, 0.3) is 0 Å². The SMILES string of the molecule is CC(C)(C)OC(=O)N1CCCc2c1cccc2S(=O)[O-].[Li+]. The van der Waals surface area contributed by atoms with Crippen molar-refractivity contribution in [2.24, 2.45) is 0 Å². The fourth-order valence-corrected chi connectivity index (χ4v) is 2.85. The fourth-order valence-electron chi connectivity index (χ4n) is 2.26. The molecule has 0 spiro atoms.